The number of hydrogen-bond donors (Lipinski definition) is 0. The highest BCUT2D eigenvalue weighted by Gasteiger charge is 1.84. The summed E-state index contributed by atoms with van der Waals surface area (Å²) in [6, 6.07) is 0.195. The molecule has 0 aliphatic heterocycles. The summed E-state index contributed by atoms with van der Waals surface area (Å²) in [5.74, 6) is 0.0334. The van der Waals surface area contributed by atoms with E-state index in [4.69, 9.17) is 21.1 Å². The molecule has 0 aliphatic rings. The molecule has 0 heterocycles. The molecule has 0 aromatic rings. The molecule has 0 N–H and O–H groups in total. The van der Waals surface area contributed by atoms with Crippen LogP contribution in [0.25, 0.3) is 0 Å². The topological polar surface area (TPSA) is 35.5 Å². The van der Waals surface area contributed by atoms with E-state index in [-0.39, 0.29) is 11.8 Å². The smallest absolute Gasteiger partial charge is 0.152 e. The molecule has 0 atom stereocenters. The van der Waals surface area contributed by atoms with E-state index in [9.17, 15) is 4.79 Å². The standard InChI is InChI=1S/C10H15ClO3/c1-10(12)5-3-2-4-6-13-7-8-14-9-11/h2-5H,6-9H2,1H3/b4-2+,5-3-. The van der Waals surface area contributed by atoms with Crippen molar-refractivity contribution in [2.24, 2.45) is 0 Å². The average Bonchev–Trinajstić information content (AvgIpc) is 2.15. The first-order valence-electron chi connectivity index (χ1n) is 4.32. The lowest BCUT2D eigenvalue weighted by Gasteiger charge is -1.99. The van der Waals surface area contributed by atoms with Crippen molar-refractivity contribution in [3.05, 3.63) is 24.3 Å². The summed E-state index contributed by atoms with van der Waals surface area (Å²) in [5, 5.41) is 0. The van der Waals surface area contributed by atoms with Gasteiger partial charge in [0.15, 0.2) is 5.78 Å². The van der Waals surface area contributed by atoms with Crippen molar-refractivity contribution < 1.29 is 14.3 Å². The molecule has 80 valence electrons. The molecule has 0 fully saturated rings. The van der Waals surface area contributed by atoms with Crippen molar-refractivity contribution in [2.75, 3.05) is 25.9 Å². The molecular formula is C10H15ClO3. The second-order valence-corrected chi connectivity index (χ2v) is 2.71. The minimum absolute atomic E-state index is 0.0334. The quantitative estimate of drug-likeness (QED) is 0.270. The Labute approximate surface area is 89.3 Å². The van der Waals surface area contributed by atoms with Crippen molar-refractivity contribution in [1.82, 2.24) is 0 Å². The van der Waals surface area contributed by atoms with Gasteiger partial charge in [-0.15, -0.1) is 0 Å². The van der Waals surface area contributed by atoms with E-state index in [2.05, 4.69) is 0 Å². The van der Waals surface area contributed by atoms with Crippen LogP contribution in [-0.4, -0.2) is 31.7 Å². The normalized spacial score (nSPS) is 11.6. The second kappa shape index (κ2) is 10.4. The molecule has 0 aromatic heterocycles. The van der Waals surface area contributed by atoms with Gasteiger partial charge in [-0.05, 0) is 13.0 Å². The number of ketones is 1. The summed E-state index contributed by atoms with van der Waals surface area (Å²) in [5.41, 5.74) is 0. The zero-order valence-corrected chi connectivity index (χ0v) is 9.00. The molecule has 0 amide bonds. The Balaban J connectivity index is 3.23. The van der Waals surface area contributed by atoms with Crippen LogP contribution in [0.1, 0.15) is 6.92 Å². The van der Waals surface area contributed by atoms with Gasteiger partial charge in [0.2, 0.25) is 0 Å². The third-order valence-corrected chi connectivity index (χ3v) is 1.40. The summed E-state index contributed by atoms with van der Waals surface area (Å²) >= 11 is 5.28. The average molecular weight is 219 g/mol. The van der Waals surface area contributed by atoms with E-state index in [1.807, 2.05) is 6.08 Å². The van der Waals surface area contributed by atoms with Gasteiger partial charge in [-0.2, -0.15) is 0 Å². The summed E-state index contributed by atoms with van der Waals surface area (Å²) < 4.78 is 10.0. The Morgan fingerprint density at radius 2 is 2.00 bits per heavy atom. The van der Waals surface area contributed by atoms with Gasteiger partial charge in [0, 0.05) is 0 Å². The number of hydrogen-bond acceptors (Lipinski definition) is 3. The zero-order chi connectivity index (χ0) is 10.6. The fourth-order valence-electron chi connectivity index (χ4n) is 0.649. The molecule has 14 heavy (non-hydrogen) atoms. The fourth-order valence-corrected chi connectivity index (χ4v) is 0.758. The molecule has 0 unspecified atom stereocenters. The molecular weight excluding hydrogens is 204 g/mol. The van der Waals surface area contributed by atoms with Crippen LogP contribution >= 0.6 is 11.6 Å². The molecule has 0 aliphatic carbocycles. The third-order valence-electron chi connectivity index (χ3n) is 1.24. The minimum atomic E-state index is 0.0334. The molecule has 0 bridgehead atoms. The van der Waals surface area contributed by atoms with Crippen LogP contribution in [0.2, 0.25) is 0 Å². The molecule has 0 aromatic carbocycles. The Morgan fingerprint density at radius 3 is 2.64 bits per heavy atom. The Hall–Kier alpha value is -0.640. The van der Waals surface area contributed by atoms with E-state index >= 15 is 0 Å². The highest BCUT2D eigenvalue weighted by molar-refractivity contribution is 6.17. The molecule has 0 rings (SSSR count). The van der Waals surface area contributed by atoms with Crippen molar-refractivity contribution in [3.63, 3.8) is 0 Å². The van der Waals surface area contributed by atoms with Gasteiger partial charge in [-0.1, -0.05) is 29.8 Å². The lowest BCUT2D eigenvalue weighted by Crippen LogP contribution is -2.02. The SMILES string of the molecule is CC(=O)/C=C\C=C\COCCOCCl. The van der Waals surface area contributed by atoms with Crippen molar-refractivity contribution in [1.29, 1.82) is 0 Å². The van der Waals surface area contributed by atoms with Crippen molar-refractivity contribution in [3.8, 4) is 0 Å². The van der Waals surface area contributed by atoms with Crippen LogP contribution in [0.15, 0.2) is 24.3 Å². The van der Waals surface area contributed by atoms with Gasteiger partial charge in [-0.25, -0.2) is 0 Å². The summed E-state index contributed by atoms with van der Waals surface area (Å²) in [6.07, 6.45) is 6.76. The lowest BCUT2D eigenvalue weighted by molar-refractivity contribution is -0.112. The van der Waals surface area contributed by atoms with Crippen molar-refractivity contribution in [2.45, 2.75) is 6.92 Å². The number of ether oxygens (including phenoxy) is 2. The predicted octanol–water partition coefficient (Wildman–Crippen LogP) is 1.92. The number of allylic oxidation sites excluding steroid dienone is 3. The van der Waals surface area contributed by atoms with E-state index in [1.54, 1.807) is 12.2 Å². The monoisotopic (exact) mass is 218 g/mol. The summed E-state index contributed by atoms with van der Waals surface area (Å²) in [4.78, 5) is 10.5. The van der Waals surface area contributed by atoms with E-state index in [0.29, 0.717) is 19.8 Å². The van der Waals surface area contributed by atoms with E-state index in [1.165, 1.54) is 13.0 Å². The Bertz CT molecular complexity index is 200. The first-order valence-corrected chi connectivity index (χ1v) is 4.86. The maximum atomic E-state index is 10.5. The van der Waals surface area contributed by atoms with Crippen molar-refractivity contribution >= 4 is 17.4 Å². The fraction of sp³-hybridized carbons (Fsp3) is 0.500. The first-order chi connectivity index (χ1) is 6.77. The summed E-state index contributed by atoms with van der Waals surface area (Å²) in [7, 11) is 0. The van der Waals surface area contributed by atoms with Gasteiger partial charge >= 0.3 is 0 Å². The van der Waals surface area contributed by atoms with Crippen LogP contribution in [0, 0.1) is 0 Å². The highest BCUT2D eigenvalue weighted by atomic mass is 35.5. The Morgan fingerprint density at radius 1 is 1.29 bits per heavy atom. The molecule has 0 radical (unpaired) electrons. The Kier molecular flexibility index (Phi) is 9.96. The number of carbonyl (C=O) groups excluding carboxylic acids is 1. The summed E-state index contributed by atoms with van der Waals surface area (Å²) in [6.45, 7) is 3.03. The maximum absolute atomic E-state index is 10.5. The second-order valence-electron chi connectivity index (χ2n) is 2.49. The van der Waals surface area contributed by atoms with Gasteiger partial charge in [0.1, 0.15) is 6.07 Å². The van der Waals surface area contributed by atoms with Gasteiger partial charge in [0.05, 0.1) is 19.8 Å². The van der Waals surface area contributed by atoms with Gasteiger partial charge in [0.25, 0.3) is 0 Å². The maximum Gasteiger partial charge on any atom is 0.152 e. The predicted molar refractivity (Wildman–Crippen MR) is 56.5 cm³/mol. The largest absolute Gasteiger partial charge is 0.375 e. The number of rotatable bonds is 8. The highest BCUT2D eigenvalue weighted by Crippen LogP contribution is 1.83. The van der Waals surface area contributed by atoms with Gasteiger partial charge in [-0.3, -0.25) is 4.79 Å². The number of halogens is 1. The molecule has 3 nitrogen and oxygen atoms in total. The van der Waals surface area contributed by atoms with E-state index in [0.717, 1.165) is 0 Å². The zero-order valence-electron chi connectivity index (χ0n) is 8.24. The first kappa shape index (κ1) is 13.4. The lowest BCUT2D eigenvalue weighted by atomic mass is 10.3. The van der Waals surface area contributed by atoms with Gasteiger partial charge < -0.3 is 9.47 Å². The van der Waals surface area contributed by atoms with Crippen LogP contribution in [0.5, 0.6) is 0 Å². The van der Waals surface area contributed by atoms with Crippen LogP contribution < -0.4 is 0 Å². The molecule has 0 saturated heterocycles. The molecule has 0 spiro atoms. The van der Waals surface area contributed by atoms with Crippen LogP contribution in [0.3, 0.4) is 0 Å². The molecule has 0 saturated carbocycles. The number of alkyl halides is 1. The van der Waals surface area contributed by atoms with Crippen LogP contribution in [0.4, 0.5) is 0 Å². The molecule has 4 heteroatoms. The van der Waals surface area contributed by atoms with Crippen LogP contribution in [-0.2, 0) is 14.3 Å². The third kappa shape index (κ3) is 11.4. The number of carbonyl (C=O) groups is 1. The van der Waals surface area contributed by atoms with E-state index < -0.39 is 0 Å². The minimum Gasteiger partial charge on any atom is -0.375 e.